The molecule has 4 heteroatoms. The first-order valence-corrected chi connectivity index (χ1v) is 6.88. The first-order chi connectivity index (χ1) is 9.16. The summed E-state index contributed by atoms with van der Waals surface area (Å²) in [6, 6.07) is 6.37. The lowest BCUT2D eigenvalue weighted by molar-refractivity contribution is -0.128. The number of halogens is 1. The highest BCUT2D eigenvalue weighted by molar-refractivity contribution is 5.81. The van der Waals surface area contributed by atoms with Crippen LogP contribution in [0.5, 0.6) is 5.75 Å². The Hall–Kier alpha value is -1.58. The monoisotopic (exact) mass is 265 g/mol. The molecule has 1 aliphatic carbocycles. The van der Waals surface area contributed by atoms with Crippen molar-refractivity contribution in [1.29, 1.82) is 0 Å². The molecule has 1 aliphatic rings. The van der Waals surface area contributed by atoms with Gasteiger partial charge in [0.2, 0.25) is 0 Å². The van der Waals surface area contributed by atoms with Crippen LogP contribution < -0.4 is 10.1 Å². The predicted octanol–water partition coefficient (Wildman–Crippen LogP) is 3.04. The van der Waals surface area contributed by atoms with Crippen molar-refractivity contribution in [3.8, 4) is 5.75 Å². The van der Waals surface area contributed by atoms with Gasteiger partial charge in [0.1, 0.15) is 0 Å². The Labute approximate surface area is 113 Å². The summed E-state index contributed by atoms with van der Waals surface area (Å²) >= 11 is 0. The topological polar surface area (TPSA) is 38.3 Å². The minimum absolute atomic E-state index is 0.119. The number of amides is 1. The molecule has 104 valence electrons. The fourth-order valence-corrected chi connectivity index (χ4v) is 2.35. The van der Waals surface area contributed by atoms with Gasteiger partial charge in [-0.25, -0.2) is 4.39 Å². The second-order valence-corrected chi connectivity index (χ2v) is 5.03. The Kier molecular flexibility index (Phi) is 4.77. The predicted molar refractivity (Wildman–Crippen MR) is 71.5 cm³/mol. The molecule has 1 atom stereocenters. The molecule has 0 aliphatic heterocycles. The maximum absolute atomic E-state index is 13.4. The van der Waals surface area contributed by atoms with Crippen molar-refractivity contribution in [2.45, 2.75) is 51.2 Å². The number of rotatable bonds is 4. The lowest BCUT2D eigenvalue weighted by Crippen LogP contribution is -2.43. The van der Waals surface area contributed by atoms with Gasteiger partial charge in [-0.1, -0.05) is 31.4 Å². The molecule has 1 N–H and O–H groups in total. The van der Waals surface area contributed by atoms with E-state index >= 15 is 0 Å². The number of para-hydroxylation sites is 1. The molecule has 0 radical (unpaired) electrons. The molecular formula is C15H20FNO2. The van der Waals surface area contributed by atoms with Gasteiger partial charge in [0.05, 0.1) is 0 Å². The van der Waals surface area contributed by atoms with Gasteiger partial charge >= 0.3 is 0 Å². The standard InChI is InChI=1S/C15H20FNO2/c1-11(19-14-10-6-5-9-13(14)16)15(18)17-12-7-3-2-4-8-12/h5-6,9-12H,2-4,7-8H2,1H3,(H,17,18). The van der Waals surface area contributed by atoms with E-state index in [1.165, 1.54) is 18.6 Å². The quantitative estimate of drug-likeness (QED) is 0.908. The maximum Gasteiger partial charge on any atom is 0.260 e. The number of benzene rings is 1. The highest BCUT2D eigenvalue weighted by Crippen LogP contribution is 2.19. The van der Waals surface area contributed by atoms with Crippen LogP contribution in [0.1, 0.15) is 39.0 Å². The van der Waals surface area contributed by atoms with E-state index in [9.17, 15) is 9.18 Å². The summed E-state index contributed by atoms with van der Waals surface area (Å²) in [7, 11) is 0. The third-order valence-electron chi connectivity index (χ3n) is 3.46. The number of hydrogen-bond donors (Lipinski definition) is 1. The molecule has 0 spiro atoms. The van der Waals surface area contributed by atoms with Crippen molar-refractivity contribution in [2.24, 2.45) is 0 Å². The molecular weight excluding hydrogens is 245 g/mol. The van der Waals surface area contributed by atoms with E-state index < -0.39 is 11.9 Å². The van der Waals surface area contributed by atoms with Crippen molar-refractivity contribution in [3.05, 3.63) is 30.1 Å². The number of carbonyl (C=O) groups excluding carboxylic acids is 1. The van der Waals surface area contributed by atoms with Crippen molar-refractivity contribution in [1.82, 2.24) is 5.32 Å². The average Bonchev–Trinajstić information content (AvgIpc) is 2.42. The highest BCUT2D eigenvalue weighted by Gasteiger charge is 2.21. The molecule has 0 bridgehead atoms. The molecule has 0 heterocycles. The van der Waals surface area contributed by atoms with E-state index in [4.69, 9.17) is 4.74 Å². The van der Waals surface area contributed by atoms with E-state index in [1.54, 1.807) is 19.1 Å². The molecule has 2 rings (SSSR count). The smallest absolute Gasteiger partial charge is 0.260 e. The fourth-order valence-electron chi connectivity index (χ4n) is 2.35. The summed E-state index contributed by atoms with van der Waals surface area (Å²) < 4.78 is 18.8. The molecule has 1 fully saturated rings. The van der Waals surface area contributed by atoms with Gasteiger partial charge in [0.15, 0.2) is 17.7 Å². The Bertz CT molecular complexity index is 430. The first-order valence-electron chi connectivity index (χ1n) is 6.88. The van der Waals surface area contributed by atoms with Crippen LogP contribution in [0, 0.1) is 5.82 Å². The van der Waals surface area contributed by atoms with E-state index in [0.29, 0.717) is 0 Å². The Balaban J connectivity index is 1.87. The van der Waals surface area contributed by atoms with Gasteiger partial charge < -0.3 is 10.1 Å². The summed E-state index contributed by atoms with van der Waals surface area (Å²) in [6.45, 7) is 1.64. The number of carbonyl (C=O) groups is 1. The van der Waals surface area contributed by atoms with Gasteiger partial charge in [-0.2, -0.15) is 0 Å². The summed E-state index contributed by atoms with van der Waals surface area (Å²) in [6.07, 6.45) is 4.93. The number of hydrogen-bond acceptors (Lipinski definition) is 2. The third kappa shape index (κ3) is 3.94. The van der Waals surface area contributed by atoms with Gasteiger partial charge in [0, 0.05) is 6.04 Å². The van der Waals surface area contributed by atoms with Crippen molar-refractivity contribution < 1.29 is 13.9 Å². The lowest BCUT2D eigenvalue weighted by Gasteiger charge is -2.24. The van der Waals surface area contributed by atoms with Crippen LogP contribution in [0.15, 0.2) is 24.3 Å². The van der Waals surface area contributed by atoms with Crippen LogP contribution in [0.25, 0.3) is 0 Å². The maximum atomic E-state index is 13.4. The normalized spacial score (nSPS) is 17.8. The van der Waals surface area contributed by atoms with Crippen molar-refractivity contribution in [3.63, 3.8) is 0 Å². The third-order valence-corrected chi connectivity index (χ3v) is 3.46. The Morgan fingerprint density at radius 2 is 2.00 bits per heavy atom. The van der Waals surface area contributed by atoms with Gasteiger partial charge in [-0.05, 0) is 31.9 Å². The van der Waals surface area contributed by atoms with Crippen molar-refractivity contribution in [2.75, 3.05) is 0 Å². The van der Waals surface area contributed by atoms with E-state index in [2.05, 4.69) is 5.32 Å². The molecule has 1 aromatic rings. The number of nitrogens with one attached hydrogen (secondary N) is 1. The molecule has 1 unspecified atom stereocenters. The van der Waals surface area contributed by atoms with Gasteiger partial charge in [0.25, 0.3) is 5.91 Å². The minimum atomic E-state index is -0.682. The number of ether oxygens (including phenoxy) is 1. The SMILES string of the molecule is CC(Oc1ccccc1F)C(=O)NC1CCCCC1. The Morgan fingerprint density at radius 3 is 2.68 bits per heavy atom. The van der Waals surface area contributed by atoms with Crippen LogP contribution >= 0.6 is 0 Å². The van der Waals surface area contributed by atoms with Gasteiger partial charge in [-0.15, -0.1) is 0 Å². The summed E-state index contributed by atoms with van der Waals surface area (Å²) in [4.78, 5) is 12.0. The molecule has 1 saturated carbocycles. The fraction of sp³-hybridized carbons (Fsp3) is 0.533. The average molecular weight is 265 g/mol. The molecule has 3 nitrogen and oxygen atoms in total. The van der Waals surface area contributed by atoms with Crippen LogP contribution in [0.3, 0.4) is 0 Å². The van der Waals surface area contributed by atoms with E-state index in [1.807, 2.05) is 0 Å². The molecule has 1 aromatic carbocycles. The second-order valence-electron chi connectivity index (χ2n) is 5.03. The lowest BCUT2D eigenvalue weighted by atomic mass is 9.95. The van der Waals surface area contributed by atoms with E-state index in [0.717, 1.165) is 25.7 Å². The van der Waals surface area contributed by atoms with Crippen LogP contribution in [-0.4, -0.2) is 18.1 Å². The first kappa shape index (κ1) is 13.8. The Morgan fingerprint density at radius 1 is 1.32 bits per heavy atom. The zero-order valence-electron chi connectivity index (χ0n) is 11.2. The molecule has 19 heavy (non-hydrogen) atoms. The van der Waals surface area contributed by atoms with Crippen LogP contribution in [0.4, 0.5) is 4.39 Å². The summed E-state index contributed by atoms with van der Waals surface area (Å²) in [5.74, 6) is -0.497. The van der Waals surface area contributed by atoms with Crippen molar-refractivity contribution >= 4 is 5.91 Å². The zero-order chi connectivity index (χ0) is 13.7. The van der Waals surface area contributed by atoms with E-state index in [-0.39, 0.29) is 17.7 Å². The second kappa shape index (κ2) is 6.55. The molecule has 1 amide bonds. The summed E-state index contributed by atoms with van der Waals surface area (Å²) in [5.41, 5.74) is 0. The molecule has 0 saturated heterocycles. The highest BCUT2D eigenvalue weighted by atomic mass is 19.1. The zero-order valence-corrected chi connectivity index (χ0v) is 11.2. The van der Waals surface area contributed by atoms with Crippen LogP contribution in [-0.2, 0) is 4.79 Å². The largest absolute Gasteiger partial charge is 0.478 e. The minimum Gasteiger partial charge on any atom is -0.478 e. The molecule has 0 aromatic heterocycles. The van der Waals surface area contributed by atoms with Gasteiger partial charge in [-0.3, -0.25) is 4.79 Å². The summed E-state index contributed by atoms with van der Waals surface area (Å²) in [5, 5.41) is 2.97. The van der Waals surface area contributed by atoms with Crippen LogP contribution in [0.2, 0.25) is 0 Å².